The first-order valence-corrected chi connectivity index (χ1v) is 4.64. The molecule has 0 radical (unpaired) electrons. The molecule has 0 unspecified atom stereocenters. The molecule has 0 aliphatic heterocycles. The predicted molar refractivity (Wildman–Crippen MR) is 61.6 cm³/mol. The maximum Gasteiger partial charge on any atom is 0.336 e. The van der Waals surface area contributed by atoms with Crippen molar-refractivity contribution in [1.29, 1.82) is 0 Å². The lowest BCUT2D eigenvalue weighted by atomic mass is 10.0. The molecule has 0 atom stereocenters. The first-order valence-electron chi connectivity index (χ1n) is 4.64. The highest BCUT2D eigenvalue weighted by molar-refractivity contribution is 5.64. The Bertz CT molecular complexity index is 492. The van der Waals surface area contributed by atoms with Crippen molar-refractivity contribution in [3.05, 3.63) is 70.4 Å². The summed E-state index contributed by atoms with van der Waals surface area (Å²) in [6, 6.07) is 20.0. The fourth-order valence-corrected chi connectivity index (χ4v) is 1.42. The van der Waals surface area contributed by atoms with Crippen LogP contribution in [-0.2, 0) is 0 Å². The van der Waals surface area contributed by atoms with Crippen LogP contribution in [0.4, 0.5) is 0 Å². The number of hydrogen-bond donors (Lipinski definition) is 0. The molecule has 0 aliphatic carbocycles. The van der Waals surface area contributed by atoms with Crippen molar-refractivity contribution >= 4 is 0 Å². The van der Waals surface area contributed by atoms with Crippen LogP contribution in [0.1, 0.15) is 5.56 Å². The second kappa shape index (κ2) is 4.30. The van der Waals surface area contributed by atoms with Crippen molar-refractivity contribution in [3.8, 4) is 17.2 Å². The van der Waals surface area contributed by atoms with Gasteiger partial charge in [-0.15, -0.1) is 0 Å². The Hall–Kier alpha value is -2.27. The number of benzene rings is 2. The third kappa shape index (κ3) is 2.15. The highest BCUT2D eigenvalue weighted by atomic mass is 16.4. The van der Waals surface area contributed by atoms with E-state index in [1.165, 1.54) is 0 Å². The molecule has 15 heavy (non-hydrogen) atoms. The predicted octanol–water partition coefficient (Wildman–Crippen LogP) is 3.53. The Morgan fingerprint density at radius 1 is 0.800 bits per heavy atom. The van der Waals surface area contributed by atoms with E-state index in [2.05, 4.69) is 11.1 Å². The van der Waals surface area contributed by atoms with Crippen molar-refractivity contribution in [1.82, 2.24) is 0 Å². The highest BCUT2D eigenvalue weighted by Crippen LogP contribution is 2.18. The van der Waals surface area contributed by atoms with Gasteiger partial charge in [-0.05, 0) is 23.3 Å². The lowest BCUT2D eigenvalue weighted by Crippen LogP contribution is -1.77. The molecule has 0 aromatic heterocycles. The first-order chi connectivity index (χ1) is 7.40. The molecular formula is C13H9NO. The quantitative estimate of drug-likeness (QED) is 0.639. The minimum atomic E-state index is 0.699. The lowest BCUT2D eigenvalue weighted by Gasteiger charge is -1.99. The van der Waals surface area contributed by atoms with E-state index in [9.17, 15) is 5.21 Å². The SMILES string of the molecule is [O-][N+]#Cc1ccc(-c2ccccc2)cc1. The maximum atomic E-state index is 9.97. The zero-order valence-corrected chi connectivity index (χ0v) is 8.05. The molecule has 0 N–H and O–H groups in total. The molecule has 2 aromatic rings. The Morgan fingerprint density at radius 3 is 2.00 bits per heavy atom. The molecule has 0 spiro atoms. The monoisotopic (exact) mass is 195 g/mol. The summed E-state index contributed by atoms with van der Waals surface area (Å²) in [7, 11) is 0. The van der Waals surface area contributed by atoms with Gasteiger partial charge < -0.3 is 5.21 Å². The molecule has 0 saturated heterocycles. The van der Waals surface area contributed by atoms with E-state index in [4.69, 9.17) is 0 Å². The van der Waals surface area contributed by atoms with E-state index in [1.54, 1.807) is 0 Å². The van der Waals surface area contributed by atoms with Gasteiger partial charge in [0.1, 0.15) is 5.56 Å². The van der Waals surface area contributed by atoms with Crippen LogP contribution in [0.25, 0.3) is 16.1 Å². The Kier molecular flexibility index (Phi) is 2.66. The average Bonchev–Trinajstić information content (AvgIpc) is 2.32. The Labute approximate surface area is 88.2 Å². The molecule has 72 valence electrons. The molecule has 2 aromatic carbocycles. The van der Waals surface area contributed by atoms with E-state index >= 15 is 0 Å². The molecule has 0 fully saturated rings. The van der Waals surface area contributed by atoms with Crippen LogP contribution in [0, 0.1) is 11.3 Å². The van der Waals surface area contributed by atoms with Crippen LogP contribution in [-0.4, -0.2) is 0 Å². The van der Waals surface area contributed by atoms with Gasteiger partial charge in [0.2, 0.25) is 0 Å². The minimum Gasteiger partial charge on any atom is -0.498 e. The summed E-state index contributed by atoms with van der Waals surface area (Å²) in [4.78, 5) is 0. The van der Waals surface area contributed by atoms with Gasteiger partial charge >= 0.3 is 6.07 Å². The van der Waals surface area contributed by atoms with Gasteiger partial charge in [0.05, 0.1) is 0 Å². The van der Waals surface area contributed by atoms with Gasteiger partial charge in [0, 0.05) is 5.01 Å². The maximum absolute atomic E-state index is 9.97. The zero-order valence-electron chi connectivity index (χ0n) is 8.05. The summed E-state index contributed by atoms with van der Waals surface area (Å²) < 4.78 is 0. The van der Waals surface area contributed by atoms with Gasteiger partial charge in [-0.3, -0.25) is 0 Å². The number of hydrogen-bond acceptors (Lipinski definition) is 1. The Balaban J connectivity index is 2.35. The average molecular weight is 195 g/mol. The Morgan fingerprint density at radius 2 is 1.40 bits per heavy atom. The molecule has 0 heterocycles. The van der Waals surface area contributed by atoms with Crippen molar-refractivity contribution in [3.63, 3.8) is 0 Å². The molecular weight excluding hydrogens is 186 g/mol. The summed E-state index contributed by atoms with van der Waals surface area (Å²) in [5.41, 5.74) is 2.97. The number of nitrogens with zero attached hydrogens (tertiary/aromatic N) is 1. The summed E-state index contributed by atoms with van der Waals surface area (Å²) in [6.45, 7) is 0. The van der Waals surface area contributed by atoms with Crippen molar-refractivity contribution in [2.45, 2.75) is 0 Å². The number of rotatable bonds is 1. The van der Waals surface area contributed by atoms with Crippen LogP contribution in [0.2, 0.25) is 0 Å². The van der Waals surface area contributed by atoms with Crippen LogP contribution >= 0.6 is 0 Å². The van der Waals surface area contributed by atoms with Crippen LogP contribution in [0.3, 0.4) is 0 Å². The van der Waals surface area contributed by atoms with E-state index in [-0.39, 0.29) is 0 Å². The molecule has 0 bridgehead atoms. The van der Waals surface area contributed by atoms with Crippen molar-refractivity contribution in [2.75, 3.05) is 0 Å². The van der Waals surface area contributed by atoms with Gasteiger partial charge in [0.15, 0.2) is 0 Å². The first kappa shape index (κ1) is 9.29. The van der Waals surface area contributed by atoms with Crippen molar-refractivity contribution < 1.29 is 0 Å². The molecule has 2 rings (SSSR count). The molecule has 0 amide bonds. The fraction of sp³-hybridized carbons (Fsp3) is 0. The van der Waals surface area contributed by atoms with Gasteiger partial charge in [0.25, 0.3) is 0 Å². The molecule has 0 aliphatic rings. The standard InChI is InChI=1S/C13H9NO/c15-14-10-11-6-8-13(9-7-11)12-4-2-1-3-5-12/h1-9H. The van der Waals surface area contributed by atoms with E-state index in [0.29, 0.717) is 5.56 Å². The smallest absolute Gasteiger partial charge is 0.336 e. The van der Waals surface area contributed by atoms with Crippen LogP contribution < -0.4 is 0 Å². The topological polar surface area (TPSA) is 27.4 Å². The third-order valence-electron chi connectivity index (χ3n) is 2.17. The van der Waals surface area contributed by atoms with Gasteiger partial charge in [-0.1, -0.05) is 42.5 Å². The zero-order chi connectivity index (χ0) is 10.5. The van der Waals surface area contributed by atoms with Gasteiger partial charge in [-0.25, -0.2) is 0 Å². The second-order valence-electron chi connectivity index (χ2n) is 3.15. The summed E-state index contributed by atoms with van der Waals surface area (Å²) >= 11 is 0. The normalized spacial score (nSPS) is 9.07. The molecule has 2 nitrogen and oxygen atoms in total. The summed E-state index contributed by atoms with van der Waals surface area (Å²) in [5.74, 6) is 0. The molecule has 2 heteroatoms. The summed E-state index contributed by atoms with van der Waals surface area (Å²) in [5, 5.41) is 12.6. The van der Waals surface area contributed by atoms with E-state index < -0.39 is 0 Å². The van der Waals surface area contributed by atoms with Crippen molar-refractivity contribution in [2.24, 2.45) is 0 Å². The van der Waals surface area contributed by atoms with E-state index in [1.807, 2.05) is 54.6 Å². The highest BCUT2D eigenvalue weighted by Gasteiger charge is 1.97. The fourth-order valence-electron chi connectivity index (χ4n) is 1.42. The van der Waals surface area contributed by atoms with E-state index in [0.717, 1.165) is 11.1 Å². The van der Waals surface area contributed by atoms with Crippen LogP contribution in [0.15, 0.2) is 54.6 Å². The molecule has 0 saturated carbocycles. The van der Waals surface area contributed by atoms with Gasteiger partial charge in [-0.2, -0.15) is 0 Å². The third-order valence-corrected chi connectivity index (χ3v) is 2.17. The van der Waals surface area contributed by atoms with Crippen LogP contribution in [0.5, 0.6) is 0 Å². The minimum absolute atomic E-state index is 0.699. The summed E-state index contributed by atoms with van der Waals surface area (Å²) in [6.07, 6.45) is 0. The lowest BCUT2D eigenvalue weighted by molar-refractivity contribution is 1.59. The largest absolute Gasteiger partial charge is 0.498 e. The second-order valence-corrected chi connectivity index (χ2v) is 3.15.